The number of ether oxygens (including phenoxy) is 4. The predicted octanol–water partition coefficient (Wildman–Crippen LogP) is 3.51. The Morgan fingerprint density at radius 2 is 1.73 bits per heavy atom. The average molecular weight is 415 g/mol. The maximum atomic E-state index is 12.5. The SMILES string of the molecule is COc1ccc(CCC(=O)Nc2ccc(N3CCC(OC)C3)cc2)c(OC)c1OC. The van der Waals surface area contributed by atoms with Crippen LogP contribution in [0.4, 0.5) is 11.4 Å². The highest BCUT2D eigenvalue weighted by Gasteiger charge is 2.22. The van der Waals surface area contributed by atoms with Gasteiger partial charge in [0.15, 0.2) is 11.5 Å². The first-order valence-electron chi connectivity index (χ1n) is 10.0. The molecule has 1 fully saturated rings. The van der Waals surface area contributed by atoms with Crippen molar-refractivity contribution in [1.82, 2.24) is 0 Å². The molecular formula is C23H30N2O5. The Balaban J connectivity index is 1.57. The van der Waals surface area contributed by atoms with Crippen LogP contribution in [0.1, 0.15) is 18.4 Å². The highest BCUT2D eigenvalue weighted by molar-refractivity contribution is 5.91. The number of methoxy groups -OCH3 is 4. The number of carbonyl (C=O) groups excluding carboxylic acids is 1. The third-order valence-electron chi connectivity index (χ3n) is 5.40. The van der Waals surface area contributed by atoms with Crippen LogP contribution in [-0.4, -0.2) is 53.5 Å². The van der Waals surface area contributed by atoms with Gasteiger partial charge in [0.2, 0.25) is 11.7 Å². The minimum absolute atomic E-state index is 0.0554. The fourth-order valence-electron chi connectivity index (χ4n) is 3.74. The van der Waals surface area contributed by atoms with E-state index in [0.29, 0.717) is 30.1 Å². The van der Waals surface area contributed by atoms with E-state index in [4.69, 9.17) is 18.9 Å². The van der Waals surface area contributed by atoms with Crippen molar-refractivity contribution in [1.29, 1.82) is 0 Å². The Labute approximate surface area is 177 Å². The second kappa shape index (κ2) is 10.2. The van der Waals surface area contributed by atoms with Crippen molar-refractivity contribution in [2.45, 2.75) is 25.4 Å². The first kappa shape index (κ1) is 21.8. The van der Waals surface area contributed by atoms with Gasteiger partial charge in [-0.2, -0.15) is 0 Å². The maximum Gasteiger partial charge on any atom is 0.224 e. The number of nitrogens with one attached hydrogen (secondary N) is 1. The van der Waals surface area contributed by atoms with Gasteiger partial charge in [0.1, 0.15) is 0 Å². The van der Waals surface area contributed by atoms with Crippen molar-refractivity contribution in [2.24, 2.45) is 0 Å². The Hall–Kier alpha value is -2.93. The molecule has 1 unspecified atom stereocenters. The molecule has 7 heteroatoms. The summed E-state index contributed by atoms with van der Waals surface area (Å²) in [6, 6.07) is 11.6. The van der Waals surface area contributed by atoms with Crippen LogP contribution < -0.4 is 24.4 Å². The molecule has 2 aromatic rings. The van der Waals surface area contributed by atoms with Crippen molar-refractivity contribution in [3.05, 3.63) is 42.0 Å². The monoisotopic (exact) mass is 414 g/mol. The van der Waals surface area contributed by atoms with E-state index in [2.05, 4.69) is 10.2 Å². The summed E-state index contributed by atoms with van der Waals surface area (Å²) in [5.74, 6) is 1.66. The molecule has 1 amide bonds. The molecule has 1 aliphatic rings. The molecule has 0 saturated carbocycles. The molecule has 1 atom stereocenters. The number of hydrogen-bond acceptors (Lipinski definition) is 6. The van der Waals surface area contributed by atoms with E-state index in [-0.39, 0.29) is 12.0 Å². The first-order chi connectivity index (χ1) is 14.6. The maximum absolute atomic E-state index is 12.5. The van der Waals surface area contributed by atoms with E-state index >= 15 is 0 Å². The molecule has 7 nitrogen and oxygen atoms in total. The van der Waals surface area contributed by atoms with Crippen LogP contribution in [0.2, 0.25) is 0 Å². The number of amides is 1. The average Bonchev–Trinajstić information content (AvgIpc) is 3.26. The van der Waals surface area contributed by atoms with Crippen molar-refractivity contribution in [3.8, 4) is 17.2 Å². The van der Waals surface area contributed by atoms with Crippen LogP contribution in [0.3, 0.4) is 0 Å². The number of carbonyl (C=O) groups is 1. The summed E-state index contributed by atoms with van der Waals surface area (Å²) in [6.45, 7) is 1.88. The smallest absolute Gasteiger partial charge is 0.224 e. The second-order valence-corrected chi connectivity index (χ2v) is 7.18. The first-order valence-corrected chi connectivity index (χ1v) is 10.0. The van der Waals surface area contributed by atoms with Gasteiger partial charge in [-0.15, -0.1) is 0 Å². The zero-order valence-corrected chi connectivity index (χ0v) is 18.1. The quantitative estimate of drug-likeness (QED) is 0.677. The number of benzene rings is 2. The molecule has 0 spiro atoms. The van der Waals surface area contributed by atoms with Gasteiger partial charge >= 0.3 is 0 Å². The van der Waals surface area contributed by atoms with Gasteiger partial charge in [-0.1, -0.05) is 6.07 Å². The van der Waals surface area contributed by atoms with Gasteiger partial charge in [0.05, 0.1) is 27.4 Å². The zero-order chi connectivity index (χ0) is 21.5. The lowest BCUT2D eigenvalue weighted by molar-refractivity contribution is -0.116. The predicted molar refractivity (Wildman–Crippen MR) is 117 cm³/mol. The van der Waals surface area contributed by atoms with Crippen LogP contribution in [0.5, 0.6) is 17.2 Å². The van der Waals surface area contributed by atoms with E-state index in [1.54, 1.807) is 28.4 Å². The lowest BCUT2D eigenvalue weighted by Gasteiger charge is -2.18. The number of nitrogens with zero attached hydrogens (tertiary/aromatic N) is 1. The van der Waals surface area contributed by atoms with Crippen LogP contribution in [0.15, 0.2) is 36.4 Å². The molecule has 1 aliphatic heterocycles. The Bertz CT molecular complexity index is 853. The molecule has 2 aromatic carbocycles. The molecule has 0 aromatic heterocycles. The summed E-state index contributed by atoms with van der Waals surface area (Å²) < 4.78 is 21.6. The normalized spacial score (nSPS) is 15.7. The summed E-state index contributed by atoms with van der Waals surface area (Å²) in [6.07, 6.45) is 2.18. The highest BCUT2D eigenvalue weighted by Crippen LogP contribution is 2.40. The van der Waals surface area contributed by atoms with Crippen molar-refractivity contribution in [2.75, 3.05) is 51.7 Å². The van der Waals surface area contributed by atoms with E-state index < -0.39 is 0 Å². The van der Waals surface area contributed by atoms with Crippen LogP contribution in [0, 0.1) is 0 Å². The van der Waals surface area contributed by atoms with Crippen LogP contribution >= 0.6 is 0 Å². The van der Waals surface area contributed by atoms with E-state index in [1.165, 1.54) is 0 Å². The Kier molecular flexibility index (Phi) is 7.41. The standard InChI is InChI=1S/C23H30N2O5/c1-27-19-13-14-25(15-19)18-9-7-17(8-10-18)24-21(26)12-6-16-5-11-20(28-2)23(30-4)22(16)29-3/h5,7-11,19H,6,12-15H2,1-4H3,(H,24,26). The fraction of sp³-hybridized carbons (Fsp3) is 0.435. The molecule has 162 valence electrons. The van der Waals surface area contributed by atoms with Crippen molar-refractivity contribution >= 4 is 17.3 Å². The van der Waals surface area contributed by atoms with Gasteiger partial charge in [-0.25, -0.2) is 0 Å². The number of hydrogen-bond donors (Lipinski definition) is 1. The molecular weight excluding hydrogens is 384 g/mol. The summed E-state index contributed by atoms with van der Waals surface area (Å²) >= 11 is 0. The van der Waals surface area contributed by atoms with E-state index in [9.17, 15) is 4.79 Å². The third kappa shape index (κ3) is 4.97. The van der Waals surface area contributed by atoms with E-state index in [1.807, 2.05) is 36.4 Å². The van der Waals surface area contributed by atoms with Crippen molar-refractivity contribution in [3.63, 3.8) is 0 Å². The number of aryl methyl sites for hydroxylation is 1. The summed E-state index contributed by atoms with van der Waals surface area (Å²) in [4.78, 5) is 14.7. The Morgan fingerprint density at radius 1 is 1.00 bits per heavy atom. The number of rotatable bonds is 9. The second-order valence-electron chi connectivity index (χ2n) is 7.18. The number of anilines is 2. The molecule has 1 N–H and O–H groups in total. The minimum atomic E-state index is -0.0554. The van der Waals surface area contributed by atoms with Crippen LogP contribution in [0.25, 0.3) is 0 Å². The Morgan fingerprint density at radius 3 is 2.33 bits per heavy atom. The molecule has 1 heterocycles. The molecule has 0 bridgehead atoms. The highest BCUT2D eigenvalue weighted by atomic mass is 16.5. The van der Waals surface area contributed by atoms with Crippen molar-refractivity contribution < 1.29 is 23.7 Å². The topological polar surface area (TPSA) is 69.3 Å². The third-order valence-corrected chi connectivity index (χ3v) is 5.40. The molecule has 30 heavy (non-hydrogen) atoms. The summed E-state index contributed by atoms with van der Waals surface area (Å²) in [7, 11) is 6.48. The van der Waals surface area contributed by atoms with Gasteiger partial charge in [-0.05, 0) is 48.7 Å². The molecule has 0 aliphatic carbocycles. The van der Waals surface area contributed by atoms with Gasteiger partial charge in [0, 0.05) is 38.0 Å². The fourth-order valence-corrected chi connectivity index (χ4v) is 3.74. The summed E-state index contributed by atoms with van der Waals surface area (Å²) in [5.41, 5.74) is 2.82. The largest absolute Gasteiger partial charge is 0.493 e. The van der Waals surface area contributed by atoms with Gasteiger partial charge in [0.25, 0.3) is 0 Å². The molecule has 0 radical (unpaired) electrons. The molecule has 1 saturated heterocycles. The van der Waals surface area contributed by atoms with Gasteiger partial charge in [-0.3, -0.25) is 4.79 Å². The lowest BCUT2D eigenvalue weighted by Crippen LogP contribution is -2.22. The zero-order valence-electron chi connectivity index (χ0n) is 18.1. The lowest BCUT2D eigenvalue weighted by atomic mass is 10.1. The van der Waals surface area contributed by atoms with E-state index in [0.717, 1.165) is 36.4 Å². The minimum Gasteiger partial charge on any atom is -0.493 e. The molecule has 3 rings (SSSR count). The van der Waals surface area contributed by atoms with Crippen LogP contribution in [-0.2, 0) is 16.0 Å². The van der Waals surface area contributed by atoms with Gasteiger partial charge < -0.3 is 29.2 Å². The summed E-state index contributed by atoms with van der Waals surface area (Å²) in [5, 5.41) is 2.96.